The fraction of sp³-hybridized carbons (Fsp3) is 0.200. The van der Waals surface area contributed by atoms with Crippen LogP contribution in [0.3, 0.4) is 0 Å². The molecule has 0 aliphatic rings. The molecule has 3 rings (SSSR count). The van der Waals surface area contributed by atoms with Crippen LogP contribution < -0.4 is 14.8 Å². The van der Waals surface area contributed by atoms with Crippen LogP contribution in [0.2, 0.25) is 0 Å². The summed E-state index contributed by atoms with van der Waals surface area (Å²) < 4.78 is 15.8. The molecule has 3 aromatic rings. The van der Waals surface area contributed by atoms with Crippen molar-refractivity contribution >= 4 is 34.3 Å². The van der Waals surface area contributed by atoms with E-state index in [1.54, 1.807) is 25.3 Å². The molecule has 7 heteroatoms. The average Bonchev–Trinajstić information content (AvgIpc) is 3.13. The van der Waals surface area contributed by atoms with Crippen LogP contribution in [0.15, 0.2) is 54.6 Å². The second kappa shape index (κ2) is 10.6. The maximum Gasteiger partial charge on any atom is 0.341 e. The highest BCUT2D eigenvalue weighted by atomic mass is 32.1. The van der Waals surface area contributed by atoms with Crippen LogP contribution in [0, 0.1) is 6.92 Å². The van der Waals surface area contributed by atoms with E-state index in [0.29, 0.717) is 28.7 Å². The summed E-state index contributed by atoms with van der Waals surface area (Å²) in [5, 5.41) is 3.27. The van der Waals surface area contributed by atoms with Gasteiger partial charge in [-0.05, 0) is 43.2 Å². The highest BCUT2D eigenvalue weighted by Gasteiger charge is 2.24. The Morgan fingerprint density at radius 2 is 1.81 bits per heavy atom. The minimum absolute atomic E-state index is 0.352. The summed E-state index contributed by atoms with van der Waals surface area (Å²) in [7, 11) is 2.89. The number of methoxy groups -OCH3 is 2. The van der Waals surface area contributed by atoms with Crippen LogP contribution in [-0.2, 0) is 9.53 Å². The van der Waals surface area contributed by atoms with Crippen LogP contribution in [0.5, 0.6) is 11.5 Å². The maximum atomic E-state index is 12.6. The molecule has 0 atom stereocenters. The molecule has 0 fully saturated rings. The van der Waals surface area contributed by atoms with Crippen LogP contribution >= 0.6 is 11.3 Å². The summed E-state index contributed by atoms with van der Waals surface area (Å²) in [5.74, 6) is 0.373. The summed E-state index contributed by atoms with van der Waals surface area (Å²) in [5.41, 5.74) is 2.78. The Balaban J connectivity index is 1.86. The number of carbonyl (C=O) groups is 2. The lowest BCUT2D eigenvalue weighted by atomic mass is 10.0. The van der Waals surface area contributed by atoms with E-state index >= 15 is 0 Å². The predicted octanol–water partition coefficient (Wildman–Crippen LogP) is 5.57. The van der Waals surface area contributed by atoms with Crippen molar-refractivity contribution in [1.29, 1.82) is 0 Å². The van der Waals surface area contributed by atoms with Gasteiger partial charge in [0.15, 0.2) is 11.5 Å². The SMILES string of the molecule is CCOc1ccc(C=CC(=O)Nc2sc(C)c(-c3ccccc3)c2C(=O)OC)cc1OC. The van der Waals surface area contributed by atoms with E-state index in [2.05, 4.69) is 5.32 Å². The molecule has 1 amide bonds. The Morgan fingerprint density at radius 3 is 2.47 bits per heavy atom. The number of carbonyl (C=O) groups excluding carboxylic acids is 2. The number of aryl methyl sites for hydroxylation is 1. The molecule has 0 unspecified atom stereocenters. The quantitative estimate of drug-likeness (QED) is 0.358. The van der Waals surface area contributed by atoms with E-state index in [0.717, 1.165) is 21.6 Å². The lowest BCUT2D eigenvalue weighted by molar-refractivity contribution is -0.111. The van der Waals surface area contributed by atoms with Crippen molar-refractivity contribution in [2.45, 2.75) is 13.8 Å². The van der Waals surface area contributed by atoms with Crippen molar-refractivity contribution in [3.8, 4) is 22.6 Å². The lowest BCUT2D eigenvalue weighted by Crippen LogP contribution is -2.11. The van der Waals surface area contributed by atoms with Crippen molar-refractivity contribution in [2.24, 2.45) is 0 Å². The van der Waals surface area contributed by atoms with Gasteiger partial charge in [-0.15, -0.1) is 11.3 Å². The molecule has 0 radical (unpaired) electrons. The first-order valence-corrected chi connectivity index (χ1v) is 10.9. The van der Waals surface area contributed by atoms with Crippen LogP contribution in [0.4, 0.5) is 5.00 Å². The minimum atomic E-state index is -0.497. The summed E-state index contributed by atoms with van der Waals surface area (Å²) in [6.45, 7) is 4.34. The van der Waals surface area contributed by atoms with E-state index in [-0.39, 0.29) is 5.91 Å². The second-order valence-electron chi connectivity index (χ2n) is 6.76. The van der Waals surface area contributed by atoms with Crippen LogP contribution in [0.25, 0.3) is 17.2 Å². The van der Waals surface area contributed by atoms with E-state index in [9.17, 15) is 9.59 Å². The van der Waals surface area contributed by atoms with Crippen LogP contribution in [0.1, 0.15) is 27.7 Å². The zero-order valence-corrected chi connectivity index (χ0v) is 19.2. The Kier molecular flexibility index (Phi) is 7.68. The van der Waals surface area contributed by atoms with Gasteiger partial charge in [0.05, 0.1) is 20.8 Å². The van der Waals surface area contributed by atoms with Gasteiger partial charge in [-0.25, -0.2) is 4.79 Å². The number of benzene rings is 2. The van der Waals surface area contributed by atoms with Crippen molar-refractivity contribution in [3.63, 3.8) is 0 Å². The molecular formula is C25H25NO5S. The topological polar surface area (TPSA) is 73.9 Å². The largest absolute Gasteiger partial charge is 0.493 e. The van der Waals surface area contributed by atoms with Gasteiger partial charge in [-0.3, -0.25) is 4.79 Å². The van der Waals surface area contributed by atoms with Gasteiger partial charge in [0.2, 0.25) is 5.91 Å². The monoisotopic (exact) mass is 451 g/mol. The number of esters is 1. The number of hydrogen-bond acceptors (Lipinski definition) is 6. The zero-order valence-electron chi connectivity index (χ0n) is 18.4. The summed E-state index contributed by atoms with van der Waals surface area (Å²) in [4.78, 5) is 26.1. The summed E-state index contributed by atoms with van der Waals surface area (Å²) in [6.07, 6.45) is 3.08. The average molecular weight is 452 g/mol. The zero-order chi connectivity index (χ0) is 23.1. The molecule has 2 aromatic carbocycles. The molecule has 1 heterocycles. The number of rotatable bonds is 8. The molecule has 0 aliphatic carbocycles. The molecule has 1 N–H and O–H groups in total. The third-order valence-corrected chi connectivity index (χ3v) is 5.71. The number of ether oxygens (including phenoxy) is 3. The second-order valence-corrected chi connectivity index (χ2v) is 7.99. The third-order valence-electron chi connectivity index (χ3n) is 4.69. The first-order chi connectivity index (χ1) is 15.5. The fourth-order valence-corrected chi connectivity index (χ4v) is 4.34. The maximum absolute atomic E-state index is 12.6. The Bertz CT molecular complexity index is 1130. The van der Waals surface area contributed by atoms with Gasteiger partial charge in [0.25, 0.3) is 0 Å². The molecule has 0 aliphatic heterocycles. The normalized spacial score (nSPS) is 10.8. The van der Waals surface area contributed by atoms with Gasteiger partial charge in [0, 0.05) is 16.5 Å². The van der Waals surface area contributed by atoms with Crippen molar-refractivity contribution in [1.82, 2.24) is 0 Å². The van der Waals surface area contributed by atoms with E-state index in [4.69, 9.17) is 14.2 Å². The number of amides is 1. The highest BCUT2D eigenvalue weighted by Crippen LogP contribution is 2.40. The first kappa shape index (κ1) is 23.1. The van der Waals surface area contributed by atoms with Gasteiger partial charge in [-0.2, -0.15) is 0 Å². The fourth-order valence-electron chi connectivity index (χ4n) is 3.27. The molecular weight excluding hydrogens is 426 g/mol. The molecule has 1 aromatic heterocycles. The molecule has 0 saturated heterocycles. The predicted molar refractivity (Wildman–Crippen MR) is 128 cm³/mol. The van der Waals surface area contributed by atoms with Crippen molar-refractivity contribution in [2.75, 3.05) is 26.1 Å². The van der Waals surface area contributed by atoms with Gasteiger partial charge < -0.3 is 19.5 Å². The molecule has 6 nitrogen and oxygen atoms in total. The Morgan fingerprint density at radius 1 is 1.06 bits per heavy atom. The van der Waals surface area contributed by atoms with Gasteiger partial charge >= 0.3 is 5.97 Å². The number of nitrogens with one attached hydrogen (secondary N) is 1. The standard InChI is InChI=1S/C25H25NO5S/c1-5-31-19-13-11-17(15-20(19)29-3)12-14-21(27)26-24-23(25(28)30-4)22(16(2)32-24)18-9-7-6-8-10-18/h6-15H,5H2,1-4H3,(H,26,27). The van der Waals surface area contributed by atoms with E-state index < -0.39 is 5.97 Å². The molecule has 0 bridgehead atoms. The number of anilines is 1. The molecule has 166 valence electrons. The molecule has 0 saturated carbocycles. The smallest absolute Gasteiger partial charge is 0.341 e. The minimum Gasteiger partial charge on any atom is -0.493 e. The third kappa shape index (κ3) is 5.18. The van der Waals surface area contributed by atoms with Gasteiger partial charge in [0.1, 0.15) is 10.6 Å². The lowest BCUT2D eigenvalue weighted by Gasteiger charge is -2.09. The summed E-state index contributed by atoms with van der Waals surface area (Å²) in [6, 6.07) is 15.0. The highest BCUT2D eigenvalue weighted by molar-refractivity contribution is 7.17. The van der Waals surface area contributed by atoms with Crippen LogP contribution in [-0.4, -0.2) is 32.7 Å². The van der Waals surface area contributed by atoms with Crippen molar-refractivity contribution < 1.29 is 23.8 Å². The van der Waals surface area contributed by atoms with Crippen molar-refractivity contribution in [3.05, 3.63) is 70.6 Å². The molecule has 0 spiro atoms. The Hall–Kier alpha value is -3.58. The summed E-state index contributed by atoms with van der Waals surface area (Å²) >= 11 is 1.34. The molecule has 32 heavy (non-hydrogen) atoms. The number of thiophene rings is 1. The van der Waals surface area contributed by atoms with E-state index in [1.165, 1.54) is 24.5 Å². The first-order valence-electron chi connectivity index (χ1n) is 10.1. The van der Waals surface area contributed by atoms with E-state index in [1.807, 2.05) is 50.2 Å². The van der Waals surface area contributed by atoms with Gasteiger partial charge in [-0.1, -0.05) is 36.4 Å². The number of hydrogen-bond donors (Lipinski definition) is 1. The Labute approximate surface area is 191 Å².